The number of carbonyl (C=O) groups excluding carboxylic acids is 1. The van der Waals surface area contributed by atoms with E-state index in [1.807, 2.05) is 0 Å². The van der Waals surface area contributed by atoms with Gasteiger partial charge in [0.05, 0.1) is 4.92 Å². The molecule has 1 amide bonds. The Morgan fingerprint density at radius 2 is 2.15 bits per heavy atom. The molecule has 1 heterocycles. The summed E-state index contributed by atoms with van der Waals surface area (Å²) in [7, 11) is 0. The Morgan fingerprint density at radius 1 is 1.40 bits per heavy atom. The van der Waals surface area contributed by atoms with Gasteiger partial charge >= 0.3 is 0 Å². The van der Waals surface area contributed by atoms with Crippen LogP contribution >= 0.6 is 0 Å². The van der Waals surface area contributed by atoms with Gasteiger partial charge in [-0.1, -0.05) is 12.1 Å². The fourth-order valence-electron chi connectivity index (χ4n) is 2.32. The summed E-state index contributed by atoms with van der Waals surface area (Å²) in [6.07, 6.45) is 2.61. The lowest BCUT2D eigenvalue weighted by molar-refractivity contribution is -0.384. The first-order valence-corrected chi connectivity index (χ1v) is 6.86. The molecule has 1 saturated heterocycles. The number of nitro groups is 1. The van der Waals surface area contributed by atoms with Gasteiger partial charge in [-0.05, 0) is 37.4 Å². The summed E-state index contributed by atoms with van der Waals surface area (Å²) in [4.78, 5) is 21.8. The average molecular weight is 277 g/mol. The Bertz CT molecular complexity index is 467. The number of amides is 1. The highest BCUT2D eigenvalue weighted by atomic mass is 16.6. The van der Waals surface area contributed by atoms with Crippen LogP contribution in [-0.2, 0) is 11.3 Å². The first-order valence-electron chi connectivity index (χ1n) is 6.86. The molecule has 1 unspecified atom stereocenters. The summed E-state index contributed by atoms with van der Waals surface area (Å²) < 4.78 is 0. The predicted octanol–water partition coefficient (Wildman–Crippen LogP) is 1.60. The molecule has 20 heavy (non-hydrogen) atoms. The fraction of sp³-hybridized carbons (Fsp3) is 0.500. The van der Waals surface area contributed by atoms with Crippen LogP contribution in [0.1, 0.15) is 24.8 Å². The van der Waals surface area contributed by atoms with Crippen LogP contribution in [-0.4, -0.2) is 23.9 Å². The van der Waals surface area contributed by atoms with Crippen molar-refractivity contribution in [2.45, 2.75) is 25.8 Å². The third kappa shape index (κ3) is 4.31. The normalized spacial score (nSPS) is 17.9. The highest BCUT2D eigenvalue weighted by Crippen LogP contribution is 2.14. The van der Waals surface area contributed by atoms with Gasteiger partial charge in [0, 0.05) is 25.1 Å². The molecule has 0 saturated carbocycles. The molecule has 108 valence electrons. The van der Waals surface area contributed by atoms with Gasteiger partial charge in [0.2, 0.25) is 5.91 Å². The van der Waals surface area contributed by atoms with Gasteiger partial charge in [-0.2, -0.15) is 0 Å². The van der Waals surface area contributed by atoms with E-state index in [2.05, 4.69) is 10.6 Å². The molecule has 1 atom stereocenters. The van der Waals surface area contributed by atoms with Crippen molar-refractivity contribution in [3.05, 3.63) is 39.9 Å². The van der Waals surface area contributed by atoms with Crippen LogP contribution in [0.15, 0.2) is 24.3 Å². The van der Waals surface area contributed by atoms with Gasteiger partial charge < -0.3 is 10.6 Å². The Hall–Kier alpha value is -1.95. The van der Waals surface area contributed by atoms with Crippen LogP contribution in [0.25, 0.3) is 0 Å². The van der Waals surface area contributed by atoms with Crippen molar-refractivity contribution in [3.63, 3.8) is 0 Å². The third-order valence-corrected chi connectivity index (χ3v) is 3.58. The van der Waals surface area contributed by atoms with E-state index in [1.165, 1.54) is 12.1 Å². The molecule has 1 aromatic rings. The first kappa shape index (κ1) is 14.5. The zero-order valence-corrected chi connectivity index (χ0v) is 11.3. The van der Waals surface area contributed by atoms with Gasteiger partial charge in [0.15, 0.2) is 0 Å². The summed E-state index contributed by atoms with van der Waals surface area (Å²) >= 11 is 0. The molecule has 1 aromatic carbocycles. The van der Waals surface area contributed by atoms with E-state index in [4.69, 9.17) is 0 Å². The Labute approximate surface area is 117 Å². The maximum atomic E-state index is 11.7. The minimum atomic E-state index is -0.433. The SMILES string of the molecule is O=C(CCC1CCNC1)NCc1ccc([N+](=O)[O-])cc1. The summed E-state index contributed by atoms with van der Waals surface area (Å²) in [5.41, 5.74) is 0.931. The summed E-state index contributed by atoms with van der Waals surface area (Å²) in [5.74, 6) is 0.648. The van der Waals surface area contributed by atoms with Gasteiger partial charge in [-0.3, -0.25) is 14.9 Å². The number of carbonyl (C=O) groups is 1. The van der Waals surface area contributed by atoms with Crippen molar-refractivity contribution in [3.8, 4) is 0 Å². The van der Waals surface area contributed by atoms with Gasteiger partial charge in [-0.15, -0.1) is 0 Å². The number of hydrogen-bond donors (Lipinski definition) is 2. The number of nitrogens with zero attached hydrogens (tertiary/aromatic N) is 1. The van der Waals surface area contributed by atoms with E-state index in [1.54, 1.807) is 12.1 Å². The van der Waals surface area contributed by atoms with E-state index in [9.17, 15) is 14.9 Å². The van der Waals surface area contributed by atoms with E-state index in [0.717, 1.165) is 31.5 Å². The smallest absolute Gasteiger partial charge is 0.269 e. The third-order valence-electron chi connectivity index (χ3n) is 3.58. The standard InChI is InChI=1S/C14H19N3O3/c18-14(6-3-12-7-8-15-9-12)16-10-11-1-4-13(5-2-11)17(19)20/h1-2,4-5,12,15H,3,6-10H2,(H,16,18). The van der Waals surface area contributed by atoms with Crippen molar-refractivity contribution in [2.75, 3.05) is 13.1 Å². The van der Waals surface area contributed by atoms with Crippen LogP contribution in [0.5, 0.6) is 0 Å². The maximum Gasteiger partial charge on any atom is 0.269 e. The van der Waals surface area contributed by atoms with Crippen molar-refractivity contribution in [2.24, 2.45) is 5.92 Å². The number of hydrogen-bond acceptors (Lipinski definition) is 4. The van der Waals surface area contributed by atoms with E-state index >= 15 is 0 Å². The summed E-state index contributed by atoms with van der Waals surface area (Å²) in [6.45, 7) is 2.48. The van der Waals surface area contributed by atoms with Crippen LogP contribution in [0.2, 0.25) is 0 Å². The van der Waals surface area contributed by atoms with Crippen molar-refractivity contribution < 1.29 is 9.72 Å². The Morgan fingerprint density at radius 3 is 2.75 bits per heavy atom. The van der Waals surface area contributed by atoms with Crippen LogP contribution < -0.4 is 10.6 Å². The Kier molecular flexibility index (Phi) is 5.06. The number of nitro benzene ring substituents is 1. The molecule has 0 aliphatic carbocycles. The number of benzene rings is 1. The molecule has 1 aliphatic heterocycles. The second kappa shape index (κ2) is 7.00. The maximum absolute atomic E-state index is 11.7. The van der Waals surface area contributed by atoms with Crippen molar-refractivity contribution in [1.29, 1.82) is 0 Å². The predicted molar refractivity (Wildman–Crippen MR) is 75.2 cm³/mol. The first-order chi connectivity index (χ1) is 9.65. The van der Waals surface area contributed by atoms with E-state index in [-0.39, 0.29) is 11.6 Å². The molecule has 0 aromatic heterocycles. The summed E-state index contributed by atoms with van der Waals surface area (Å²) in [6, 6.07) is 6.23. The molecular formula is C14H19N3O3. The number of nitrogens with one attached hydrogen (secondary N) is 2. The molecule has 1 aliphatic rings. The highest BCUT2D eigenvalue weighted by Gasteiger charge is 2.15. The molecule has 0 bridgehead atoms. The van der Waals surface area contributed by atoms with Crippen LogP contribution in [0.3, 0.4) is 0 Å². The quantitative estimate of drug-likeness (QED) is 0.611. The topological polar surface area (TPSA) is 84.3 Å². The molecular weight excluding hydrogens is 258 g/mol. The minimum absolute atomic E-state index is 0.0373. The van der Waals surface area contributed by atoms with Gasteiger partial charge in [0.1, 0.15) is 0 Å². The van der Waals surface area contributed by atoms with E-state index < -0.39 is 4.92 Å². The fourth-order valence-corrected chi connectivity index (χ4v) is 2.32. The molecule has 0 spiro atoms. The van der Waals surface area contributed by atoms with Gasteiger partial charge in [0.25, 0.3) is 5.69 Å². The number of rotatable bonds is 6. The molecule has 6 heteroatoms. The minimum Gasteiger partial charge on any atom is -0.352 e. The van der Waals surface area contributed by atoms with Crippen LogP contribution in [0, 0.1) is 16.0 Å². The van der Waals surface area contributed by atoms with Gasteiger partial charge in [-0.25, -0.2) is 0 Å². The molecule has 2 N–H and O–H groups in total. The van der Waals surface area contributed by atoms with E-state index in [0.29, 0.717) is 18.9 Å². The zero-order chi connectivity index (χ0) is 14.4. The summed E-state index contributed by atoms with van der Waals surface area (Å²) in [5, 5.41) is 16.6. The highest BCUT2D eigenvalue weighted by molar-refractivity contribution is 5.75. The lowest BCUT2D eigenvalue weighted by atomic mass is 10.0. The second-order valence-electron chi connectivity index (χ2n) is 5.10. The molecule has 1 fully saturated rings. The lowest BCUT2D eigenvalue weighted by Gasteiger charge is -2.08. The zero-order valence-electron chi connectivity index (χ0n) is 11.3. The van der Waals surface area contributed by atoms with Crippen molar-refractivity contribution in [1.82, 2.24) is 10.6 Å². The van der Waals surface area contributed by atoms with Crippen molar-refractivity contribution >= 4 is 11.6 Å². The van der Waals surface area contributed by atoms with Crippen LogP contribution in [0.4, 0.5) is 5.69 Å². The average Bonchev–Trinajstić information content (AvgIpc) is 2.96. The molecule has 0 radical (unpaired) electrons. The number of non-ortho nitro benzene ring substituents is 1. The molecule has 2 rings (SSSR count). The second-order valence-corrected chi connectivity index (χ2v) is 5.10. The monoisotopic (exact) mass is 277 g/mol. The largest absolute Gasteiger partial charge is 0.352 e. The Balaban J connectivity index is 1.70. The molecule has 6 nitrogen and oxygen atoms in total. The lowest BCUT2D eigenvalue weighted by Crippen LogP contribution is -2.23.